The number of rotatable bonds is 3. The van der Waals surface area contributed by atoms with E-state index in [2.05, 4.69) is 33.8 Å². The lowest BCUT2D eigenvalue weighted by Crippen LogP contribution is -2.34. The Hall–Kier alpha value is -1.62. The van der Waals surface area contributed by atoms with Crippen LogP contribution >= 0.6 is 12.2 Å². The highest BCUT2D eigenvalue weighted by molar-refractivity contribution is 7.80. The average molecular weight is 290 g/mol. The maximum absolute atomic E-state index is 5.79. The van der Waals surface area contributed by atoms with Crippen LogP contribution in [-0.2, 0) is 0 Å². The van der Waals surface area contributed by atoms with Crippen LogP contribution in [0.2, 0.25) is 0 Å². The van der Waals surface area contributed by atoms with E-state index in [-0.39, 0.29) is 0 Å². The van der Waals surface area contributed by atoms with E-state index in [0.717, 1.165) is 44.1 Å². The van der Waals surface area contributed by atoms with Gasteiger partial charge in [0, 0.05) is 32.4 Å². The van der Waals surface area contributed by atoms with E-state index in [1.54, 1.807) is 0 Å². The first-order valence-corrected chi connectivity index (χ1v) is 7.41. The quantitative estimate of drug-likeness (QED) is 0.682. The van der Waals surface area contributed by atoms with Crippen LogP contribution in [-0.4, -0.2) is 41.1 Å². The molecule has 0 bridgehead atoms. The van der Waals surface area contributed by atoms with Crippen LogP contribution in [0.5, 0.6) is 0 Å². The largest absolute Gasteiger partial charge is 0.388 e. The highest BCUT2D eigenvalue weighted by atomic mass is 32.1. The lowest BCUT2D eigenvalue weighted by atomic mass is 10.3. The zero-order chi connectivity index (χ0) is 14.5. The number of anilines is 1. The molecule has 1 aromatic rings. The SMILES string of the molecule is CC=C(C(N)=S)N1CCCN(c2ccc(C)cn2)CC1. The molecule has 5 heteroatoms. The molecule has 0 saturated carbocycles. The van der Waals surface area contributed by atoms with Gasteiger partial charge in [0.2, 0.25) is 0 Å². The van der Waals surface area contributed by atoms with Crippen molar-refractivity contribution in [3.8, 4) is 0 Å². The Labute approximate surface area is 126 Å². The van der Waals surface area contributed by atoms with Gasteiger partial charge in [-0.25, -0.2) is 4.98 Å². The van der Waals surface area contributed by atoms with Crippen molar-refractivity contribution in [1.82, 2.24) is 9.88 Å². The number of pyridine rings is 1. The summed E-state index contributed by atoms with van der Waals surface area (Å²) in [5.74, 6) is 1.05. The molecule has 0 radical (unpaired) electrons. The summed E-state index contributed by atoms with van der Waals surface area (Å²) < 4.78 is 0. The van der Waals surface area contributed by atoms with Crippen LogP contribution in [0.15, 0.2) is 30.1 Å². The van der Waals surface area contributed by atoms with Gasteiger partial charge in [-0.2, -0.15) is 0 Å². The Bertz CT molecular complexity index is 495. The van der Waals surface area contributed by atoms with E-state index < -0.39 is 0 Å². The van der Waals surface area contributed by atoms with Gasteiger partial charge in [-0.3, -0.25) is 0 Å². The number of thiocarbonyl (C=S) groups is 1. The van der Waals surface area contributed by atoms with Crippen LogP contribution < -0.4 is 10.6 Å². The van der Waals surface area contributed by atoms with Gasteiger partial charge in [0.1, 0.15) is 10.8 Å². The van der Waals surface area contributed by atoms with Gasteiger partial charge < -0.3 is 15.5 Å². The van der Waals surface area contributed by atoms with Crippen molar-refractivity contribution in [3.63, 3.8) is 0 Å². The average Bonchev–Trinajstić information content (AvgIpc) is 2.66. The topological polar surface area (TPSA) is 45.4 Å². The molecule has 0 spiro atoms. The van der Waals surface area contributed by atoms with Crippen LogP contribution in [0.4, 0.5) is 5.82 Å². The van der Waals surface area contributed by atoms with E-state index in [4.69, 9.17) is 18.0 Å². The van der Waals surface area contributed by atoms with Crippen molar-refractivity contribution in [2.45, 2.75) is 20.3 Å². The third-order valence-electron chi connectivity index (χ3n) is 3.58. The molecule has 1 fully saturated rings. The highest BCUT2D eigenvalue weighted by Crippen LogP contribution is 2.16. The molecule has 1 aliphatic heterocycles. The first-order chi connectivity index (χ1) is 9.61. The van der Waals surface area contributed by atoms with Gasteiger partial charge in [-0.15, -0.1) is 0 Å². The molecule has 20 heavy (non-hydrogen) atoms. The minimum atomic E-state index is 0.481. The molecule has 1 aliphatic rings. The fourth-order valence-electron chi connectivity index (χ4n) is 2.52. The molecule has 0 amide bonds. The summed E-state index contributed by atoms with van der Waals surface area (Å²) in [6.45, 7) is 7.91. The number of hydrogen-bond acceptors (Lipinski definition) is 4. The number of nitrogens with two attached hydrogens (primary N) is 1. The molecular weight excluding hydrogens is 268 g/mol. The summed E-state index contributed by atoms with van der Waals surface area (Å²) in [6, 6.07) is 4.20. The van der Waals surface area contributed by atoms with Gasteiger partial charge in [-0.1, -0.05) is 24.4 Å². The van der Waals surface area contributed by atoms with Gasteiger partial charge in [0.25, 0.3) is 0 Å². The van der Waals surface area contributed by atoms with E-state index in [1.165, 1.54) is 5.56 Å². The molecule has 0 unspecified atom stereocenters. The molecule has 2 N–H and O–H groups in total. The van der Waals surface area contributed by atoms with Gasteiger partial charge in [0.15, 0.2) is 0 Å². The Kier molecular flexibility index (Phi) is 4.95. The summed E-state index contributed by atoms with van der Waals surface area (Å²) in [5.41, 5.74) is 7.96. The molecular formula is C15H22N4S. The minimum absolute atomic E-state index is 0.481. The van der Waals surface area contributed by atoms with Crippen molar-refractivity contribution in [2.75, 3.05) is 31.1 Å². The van der Waals surface area contributed by atoms with Crippen LogP contribution in [0.25, 0.3) is 0 Å². The third kappa shape index (κ3) is 3.48. The number of aryl methyl sites for hydroxylation is 1. The molecule has 0 aromatic carbocycles. The molecule has 4 nitrogen and oxygen atoms in total. The Morgan fingerprint density at radius 3 is 2.70 bits per heavy atom. The monoisotopic (exact) mass is 290 g/mol. The molecule has 2 rings (SSSR count). The second kappa shape index (κ2) is 6.70. The Morgan fingerprint density at radius 1 is 1.30 bits per heavy atom. The van der Waals surface area contributed by atoms with Crippen molar-refractivity contribution >= 4 is 23.0 Å². The number of hydrogen-bond donors (Lipinski definition) is 1. The van der Waals surface area contributed by atoms with E-state index in [0.29, 0.717) is 4.99 Å². The zero-order valence-corrected chi connectivity index (χ0v) is 13.0. The minimum Gasteiger partial charge on any atom is -0.388 e. The predicted molar refractivity (Wildman–Crippen MR) is 87.9 cm³/mol. The summed E-state index contributed by atoms with van der Waals surface area (Å²) in [4.78, 5) is 9.59. The first kappa shape index (κ1) is 14.8. The standard InChI is InChI=1S/C15H22N4S/c1-3-13(15(16)20)18-7-4-8-19(10-9-18)14-6-5-12(2)11-17-14/h3,5-6,11H,4,7-10H2,1-2H3,(H2,16,20). The third-order valence-corrected chi connectivity index (χ3v) is 3.79. The summed E-state index contributed by atoms with van der Waals surface area (Å²) in [7, 11) is 0. The molecule has 0 atom stereocenters. The highest BCUT2D eigenvalue weighted by Gasteiger charge is 2.18. The van der Waals surface area contributed by atoms with E-state index >= 15 is 0 Å². The van der Waals surface area contributed by atoms with E-state index in [1.807, 2.05) is 19.2 Å². The van der Waals surface area contributed by atoms with Crippen LogP contribution in [0.3, 0.4) is 0 Å². The predicted octanol–water partition coefficient (Wildman–Crippen LogP) is 2.09. The maximum atomic E-state index is 5.79. The Morgan fingerprint density at radius 2 is 2.10 bits per heavy atom. The summed E-state index contributed by atoms with van der Waals surface area (Å²) in [5, 5.41) is 0. The van der Waals surface area contributed by atoms with Gasteiger partial charge in [0.05, 0.1) is 5.70 Å². The van der Waals surface area contributed by atoms with Crippen molar-refractivity contribution in [2.24, 2.45) is 5.73 Å². The van der Waals surface area contributed by atoms with Crippen LogP contribution in [0, 0.1) is 6.92 Å². The second-order valence-electron chi connectivity index (χ2n) is 5.06. The maximum Gasteiger partial charge on any atom is 0.128 e. The van der Waals surface area contributed by atoms with Crippen molar-refractivity contribution in [1.29, 1.82) is 0 Å². The second-order valence-corrected chi connectivity index (χ2v) is 5.50. The lowest BCUT2D eigenvalue weighted by Gasteiger charge is -2.25. The molecule has 1 saturated heterocycles. The smallest absolute Gasteiger partial charge is 0.128 e. The lowest BCUT2D eigenvalue weighted by molar-refractivity contribution is 0.386. The number of allylic oxidation sites excluding steroid dienone is 1. The number of nitrogens with zero attached hydrogens (tertiary/aromatic N) is 3. The molecule has 2 heterocycles. The molecule has 0 aliphatic carbocycles. The molecule has 1 aromatic heterocycles. The van der Waals surface area contributed by atoms with Gasteiger partial charge in [-0.05, 0) is 31.9 Å². The summed E-state index contributed by atoms with van der Waals surface area (Å²) >= 11 is 5.12. The van der Waals surface area contributed by atoms with Crippen LogP contribution in [0.1, 0.15) is 18.9 Å². The van der Waals surface area contributed by atoms with E-state index in [9.17, 15) is 0 Å². The first-order valence-electron chi connectivity index (χ1n) is 7.00. The summed E-state index contributed by atoms with van der Waals surface area (Å²) in [6.07, 6.45) is 5.00. The fraction of sp³-hybridized carbons (Fsp3) is 0.467. The number of aromatic nitrogens is 1. The van der Waals surface area contributed by atoms with Crippen molar-refractivity contribution < 1.29 is 0 Å². The normalized spacial score (nSPS) is 17.0. The molecule has 108 valence electrons. The Balaban J connectivity index is 2.05. The van der Waals surface area contributed by atoms with Crippen molar-refractivity contribution in [3.05, 3.63) is 35.7 Å². The fourth-order valence-corrected chi connectivity index (χ4v) is 2.76. The zero-order valence-electron chi connectivity index (χ0n) is 12.2. The van der Waals surface area contributed by atoms with Gasteiger partial charge >= 0.3 is 0 Å².